The van der Waals surface area contributed by atoms with Crippen LogP contribution in [0.5, 0.6) is 0 Å². The number of anilines is 1. The molecule has 94 valence electrons. The number of rotatable bonds is 4. The molecule has 2 aromatic rings. The minimum Gasteiger partial charge on any atom is -0.378 e. The molecule has 0 spiro atoms. The van der Waals surface area contributed by atoms with Crippen molar-refractivity contribution in [2.75, 3.05) is 5.32 Å². The molecule has 2 rings (SSSR count). The van der Waals surface area contributed by atoms with E-state index in [9.17, 15) is 4.39 Å². The van der Waals surface area contributed by atoms with Crippen LogP contribution in [0, 0.1) is 5.82 Å². The quantitative estimate of drug-likeness (QED) is 0.823. The molecule has 0 saturated heterocycles. The van der Waals surface area contributed by atoms with Gasteiger partial charge < -0.3 is 5.32 Å². The molecule has 1 nitrogen and oxygen atoms in total. The fraction of sp³-hybridized carbons (Fsp3) is 0.200. The lowest BCUT2D eigenvalue weighted by atomic mass is 10.0. The van der Waals surface area contributed by atoms with Gasteiger partial charge in [-0.1, -0.05) is 35.0 Å². The minimum atomic E-state index is -0.211. The van der Waals surface area contributed by atoms with Crippen molar-refractivity contribution < 1.29 is 4.39 Å². The van der Waals surface area contributed by atoms with E-state index in [1.54, 1.807) is 12.1 Å². The van der Waals surface area contributed by atoms with Crippen LogP contribution in [0.25, 0.3) is 0 Å². The third kappa shape index (κ3) is 3.33. The van der Waals surface area contributed by atoms with Crippen molar-refractivity contribution in [1.82, 2.24) is 0 Å². The molecule has 0 bridgehead atoms. The monoisotopic (exact) mass is 307 g/mol. The summed E-state index contributed by atoms with van der Waals surface area (Å²) >= 11 is 3.43. The molecule has 2 aromatic carbocycles. The average Bonchev–Trinajstić information content (AvgIpc) is 2.39. The first-order valence-electron chi connectivity index (χ1n) is 5.96. The van der Waals surface area contributed by atoms with Crippen molar-refractivity contribution >= 4 is 21.6 Å². The van der Waals surface area contributed by atoms with Crippen LogP contribution in [0.1, 0.15) is 24.9 Å². The fourth-order valence-corrected chi connectivity index (χ4v) is 2.13. The molecule has 1 unspecified atom stereocenters. The van der Waals surface area contributed by atoms with Gasteiger partial charge in [0.05, 0.1) is 6.04 Å². The van der Waals surface area contributed by atoms with E-state index in [1.165, 1.54) is 17.7 Å². The molecule has 0 aliphatic carbocycles. The highest BCUT2D eigenvalue weighted by atomic mass is 79.9. The summed E-state index contributed by atoms with van der Waals surface area (Å²) < 4.78 is 13.9. The molecule has 0 heterocycles. The first kappa shape index (κ1) is 13.1. The van der Waals surface area contributed by atoms with Crippen LogP contribution in [0.3, 0.4) is 0 Å². The maximum Gasteiger partial charge on any atom is 0.123 e. The molecule has 0 radical (unpaired) electrons. The van der Waals surface area contributed by atoms with Gasteiger partial charge in [-0.2, -0.15) is 0 Å². The van der Waals surface area contributed by atoms with Gasteiger partial charge in [0.25, 0.3) is 0 Å². The predicted octanol–water partition coefficient (Wildman–Crippen LogP) is 5.15. The van der Waals surface area contributed by atoms with Gasteiger partial charge in [0.2, 0.25) is 0 Å². The van der Waals surface area contributed by atoms with Crippen molar-refractivity contribution in [1.29, 1.82) is 0 Å². The second-order valence-electron chi connectivity index (χ2n) is 4.16. The largest absolute Gasteiger partial charge is 0.378 e. The highest BCUT2D eigenvalue weighted by molar-refractivity contribution is 9.10. The lowest BCUT2D eigenvalue weighted by Crippen LogP contribution is -2.09. The maximum absolute atomic E-state index is 12.8. The maximum atomic E-state index is 12.8. The Balaban J connectivity index is 2.14. The smallest absolute Gasteiger partial charge is 0.123 e. The Bertz CT molecular complexity index is 493. The van der Waals surface area contributed by atoms with Crippen LogP contribution in [0.2, 0.25) is 0 Å². The topological polar surface area (TPSA) is 12.0 Å². The van der Waals surface area contributed by atoms with Gasteiger partial charge in [0.15, 0.2) is 0 Å². The number of hydrogen-bond donors (Lipinski definition) is 1. The summed E-state index contributed by atoms with van der Waals surface area (Å²) in [6, 6.07) is 14.9. The van der Waals surface area contributed by atoms with E-state index in [-0.39, 0.29) is 11.9 Å². The van der Waals surface area contributed by atoms with Gasteiger partial charge in [-0.15, -0.1) is 0 Å². The van der Waals surface area contributed by atoms with E-state index >= 15 is 0 Å². The van der Waals surface area contributed by atoms with Crippen LogP contribution in [0.4, 0.5) is 10.1 Å². The Morgan fingerprint density at radius 2 is 1.67 bits per heavy atom. The summed E-state index contributed by atoms with van der Waals surface area (Å²) in [5.74, 6) is -0.211. The first-order chi connectivity index (χ1) is 8.69. The van der Waals surface area contributed by atoms with Crippen molar-refractivity contribution in [3.05, 3.63) is 64.4 Å². The summed E-state index contributed by atoms with van der Waals surface area (Å²) in [6.45, 7) is 2.13. The van der Waals surface area contributed by atoms with Gasteiger partial charge in [-0.05, 0) is 48.4 Å². The van der Waals surface area contributed by atoms with E-state index in [0.29, 0.717) is 0 Å². The molecule has 3 heteroatoms. The van der Waals surface area contributed by atoms with Crippen LogP contribution < -0.4 is 5.32 Å². The highest BCUT2D eigenvalue weighted by Crippen LogP contribution is 2.24. The molecule has 0 fully saturated rings. The zero-order chi connectivity index (χ0) is 13.0. The normalized spacial score (nSPS) is 12.2. The third-order valence-corrected chi connectivity index (χ3v) is 3.39. The molecule has 1 atom stereocenters. The fourth-order valence-electron chi connectivity index (χ4n) is 1.86. The van der Waals surface area contributed by atoms with E-state index in [2.05, 4.69) is 40.3 Å². The number of halogens is 2. The molecule has 0 saturated carbocycles. The minimum absolute atomic E-state index is 0.211. The van der Waals surface area contributed by atoms with Gasteiger partial charge in [0.1, 0.15) is 5.82 Å². The summed E-state index contributed by atoms with van der Waals surface area (Å²) in [5.41, 5.74) is 2.16. The Kier molecular flexibility index (Phi) is 4.37. The zero-order valence-corrected chi connectivity index (χ0v) is 11.7. The highest BCUT2D eigenvalue weighted by Gasteiger charge is 2.08. The van der Waals surface area contributed by atoms with Gasteiger partial charge in [0, 0.05) is 10.2 Å². The van der Waals surface area contributed by atoms with Crippen LogP contribution in [-0.4, -0.2) is 0 Å². The molecule has 0 aromatic heterocycles. The molecule has 0 aliphatic heterocycles. The Hall–Kier alpha value is -1.35. The molecular weight excluding hydrogens is 293 g/mol. The van der Waals surface area contributed by atoms with E-state index < -0.39 is 0 Å². The molecule has 18 heavy (non-hydrogen) atoms. The van der Waals surface area contributed by atoms with Crippen molar-refractivity contribution in [3.63, 3.8) is 0 Å². The van der Waals surface area contributed by atoms with E-state index in [1.807, 2.05) is 12.1 Å². The second-order valence-corrected chi connectivity index (χ2v) is 5.08. The van der Waals surface area contributed by atoms with Crippen molar-refractivity contribution in [2.24, 2.45) is 0 Å². The average molecular weight is 308 g/mol. The number of hydrogen-bond acceptors (Lipinski definition) is 1. The van der Waals surface area contributed by atoms with Crippen LogP contribution in [0.15, 0.2) is 53.0 Å². The predicted molar refractivity (Wildman–Crippen MR) is 77.2 cm³/mol. The van der Waals surface area contributed by atoms with Crippen LogP contribution in [-0.2, 0) is 0 Å². The molecule has 1 N–H and O–H groups in total. The summed E-state index contributed by atoms with van der Waals surface area (Å²) in [4.78, 5) is 0. The number of benzene rings is 2. The molecular formula is C15H15BrFN. The van der Waals surface area contributed by atoms with Gasteiger partial charge >= 0.3 is 0 Å². The second kappa shape index (κ2) is 6.01. The SMILES string of the molecule is CCC(Nc1ccc(F)cc1)c1ccc(Br)cc1. The van der Waals surface area contributed by atoms with E-state index in [0.717, 1.165) is 16.6 Å². The Labute approximate surface area is 115 Å². The lowest BCUT2D eigenvalue weighted by molar-refractivity contribution is 0.627. The molecule has 0 amide bonds. The first-order valence-corrected chi connectivity index (χ1v) is 6.76. The third-order valence-electron chi connectivity index (χ3n) is 2.87. The van der Waals surface area contributed by atoms with Crippen molar-refractivity contribution in [2.45, 2.75) is 19.4 Å². The Morgan fingerprint density at radius 1 is 1.06 bits per heavy atom. The zero-order valence-electron chi connectivity index (χ0n) is 10.2. The van der Waals surface area contributed by atoms with Crippen LogP contribution >= 0.6 is 15.9 Å². The van der Waals surface area contributed by atoms with Gasteiger partial charge in [-0.3, -0.25) is 0 Å². The summed E-state index contributed by atoms with van der Waals surface area (Å²) in [5, 5.41) is 3.41. The Morgan fingerprint density at radius 3 is 2.22 bits per heavy atom. The summed E-state index contributed by atoms with van der Waals surface area (Å²) in [6.07, 6.45) is 0.971. The van der Waals surface area contributed by atoms with Gasteiger partial charge in [-0.25, -0.2) is 4.39 Å². The number of nitrogens with one attached hydrogen (secondary N) is 1. The van der Waals surface area contributed by atoms with E-state index in [4.69, 9.17) is 0 Å². The summed E-state index contributed by atoms with van der Waals surface area (Å²) in [7, 11) is 0. The van der Waals surface area contributed by atoms with Crippen molar-refractivity contribution in [3.8, 4) is 0 Å². The lowest BCUT2D eigenvalue weighted by Gasteiger charge is -2.19. The standard InChI is InChI=1S/C15H15BrFN/c1-2-15(11-3-5-12(16)6-4-11)18-14-9-7-13(17)8-10-14/h3-10,15,18H,2H2,1H3. The molecule has 0 aliphatic rings.